The maximum Gasteiger partial charge on any atom is 0.234 e. The maximum atomic E-state index is 13.1. The van der Waals surface area contributed by atoms with E-state index in [9.17, 15) is 4.79 Å². The van der Waals surface area contributed by atoms with Crippen molar-refractivity contribution in [3.8, 4) is 0 Å². The van der Waals surface area contributed by atoms with Crippen LogP contribution in [0.15, 0.2) is 48.5 Å². The Morgan fingerprint density at radius 2 is 1.95 bits per heavy atom. The van der Waals surface area contributed by atoms with Crippen molar-refractivity contribution < 1.29 is 4.79 Å². The lowest BCUT2D eigenvalue weighted by Gasteiger charge is -2.32. The Hall–Kier alpha value is -2.09. The van der Waals surface area contributed by atoms with E-state index >= 15 is 0 Å². The minimum absolute atomic E-state index is 0.0477. The van der Waals surface area contributed by atoms with Gasteiger partial charge in [0.1, 0.15) is 0 Å². The molecule has 1 unspecified atom stereocenters. The fourth-order valence-electron chi connectivity index (χ4n) is 3.38. The van der Waals surface area contributed by atoms with Crippen LogP contribution in [0, 0.1) is 6.92 Å². The zero-order chi connectivity index (χ0) is 15.5. The highest BCUT2D eigenvalue weighted by Crippen LogP contribution is 2.32. The fourth-order valence-corrected chi connectivity index (χ4v) is 3.38. The summed E-state index contributed by atoms with van der Waals surface area (Å²) in [6.07, 6.45) is 2.96. The number of benzene rings is 2. The summed E-state index contributed by atoms with van der Waals surface area (Å²) in [7, 11) is 0. The summed E-state index contributed by atoms with van der Waals surface area (Å²) in [5.74, 6) is 0.187. The van der Waals surface area contributed by atoms with E-state index in [-0.39, 0.29) is 11.8 Å². The highest BCUT2D eigenvalue weighted by Gasteiger charge is 2.28. The molecule has 2 heteroatoms. The van der Waals surface area contributed by atoms with Crippen molar-refractivity contribution in [1.82, 2.24) is 0 Å². The maximum absolute atomic E-state index is 13.1. The molecule has 2 aromatic carbocycles. The quantitative estimate of drug-likeness (QED) is 0.817. The second-order valence-electron chi connectivity index (χ2n) is 6.10. The van der Waals surface area contributed by atoms with Crippen molar-refractivity contribution in [2.24, 2.45) is 0 Å². The topological polar surface area (TPSA) is 20.3 Å². The number of aryl methyl sites for hydroxylation is 2. The summed E-state index contributed by atoms with van der Waals surface area (Å²) in [5, 5.41) is 0. The molecule has 0 spiro atoms. The molecule has 2 aromatic rings. The second-order valence-corrected chi connectivity index (χ2v) is 6.10. The van der Waals surface area contributed by atoms with Gasteiger partial charge in [0, 0.05) is 12.2 Å². The van der Waals surface area contributed by atoms with Crippen molar-refractivity contribution in [3.05, 3.63) is 65.2 Å². The minimum Gasteiger partial charge on any atom is -0.312 e. The zero-order valence-electron chi connectivity index (χ0n) is 13.4. The van der Waals surface area contributed by atoms with Gasteiger partial charge in [0.2, 0.25) is 5.91 Å². The summed E-state index contributed by atoms with van der Waals surface area (Å²) in [6.45, 7) is 5.04. The van der Waals surface area contributed by atoms with Crippen LogP contribution in [0.5, 0.6) is 0 Å². The van der Waals surface area contributed by atoms with Gasteiger partial charge in [-0.25, -0.2) is 0 Å². The third-order valence-corrected chi connectivity index (χ3v) is 4.53. The molecule has 3 rings (SSSR count). The van der Waals surface area contributed by atoms with Crippen LogP contribution in [-0.4, -0.2) is 12.5 Å². The van der Waals surface area contributed by atoms with Gasteiger partial charge in [0.25, 0.3) is 0 Å². The van der Waals surface area contributed by atoms with Gasteiger partial charge in [-0.3, -0.25) is 4.79 Å². The molecule has 1 atom stereocenters. The highest BCUT2D eigenvalue weighted by molar-refractivity contribution is 5.99. The molecule has 2 nitrogen and oxygen atoms in total. The number of hydrogen-bond acceptors (Lipinski definition) is 1. The Balaban J connectivity index is 1.93. The van der Waals surface area contributed by atoms with Gasteiger partial charge >= 0.3 is 0 Å². The first-order valence-electron chi connectivity index (χ1n) is 8.16. The van der Waals surface area contributed by atoms with Crippen LogP contribution in [0.3, 0.4) is 0 Å². The molecular formula is C20H23NO. The minimum atomic E-state index is -0.0477. The van der Waals surface area contributed by atoms with E-state index < -0.39 is 0 Å². The average molecular weight is 293 g/mol. The van der Waals surface area contributed by atoms with Crippen LogP contribution in [0.25, 0.3) is 0 Å². The molecule has 1 amide bonds. The molecule has 1 aliphatic heterocycles. The first kappa shape index (κ1) is 14.8. The number of fused-ring (bicyclic) bond motifs is 1. The van der Waals surface area contributed by atoms with Crippen molar-refractivity contribution in [1.29, 1.82) is 0 Å². The van der Waals surface area contributed by atoms with E-state index in [1.54, 1.807) is 0 Å². The number of hydrogen-bond donors (Lipinski definition) is 0. The van der Waals surface area contributed by atoms with Crippen molar-refractivity contribution in [3.63, 3.8) is 0 Å². The van der Waals surface area contributed by atoms with Gasteiger partial charge in [-0.05, 0) is 43.4 Å². The number of anilines is 1. The largest absolute Gasteiger partial charge is 0.312 e. The van der Waals surface area contributed by atoms with Crippen LogP contribution in [0.4, 0.5) is 5.69 Å². The van der Waals surface area contributed by atoms with Crippen LogP contribution in [0.2, 0.25) is 0 Å². The first-order valence-corrected chi connectivity index (χ1v) is 8.16. The fraction of sp³-hybridized carbons (Fsp3) is 0.350. The van der Waals surface area contributed by atoms with E-state index in [2.05, 4.69) is 44.2 Å². The Morgan fingerprint density at radius 3 is 2.68 bits per heavy atom. The van der Waals surface area contributed by atoms with Crippen LogP contribution >= 0.6 is 0 Å². The number of carbonyl (C=O) groups is 1. The molecule has 1 heterocycles. The van der Waals surface area contributed by atoms with Gasteiger partial charge < -0.3 is 4.90 Å². The lowest BCUT2D eigenvalue weighted by Crippen LogP contribution is -2.38. The monoisotopic (exact) mass is 293 g/mol. The van der Waals surface area contributed by atoms with E-state index in [0.29, 0.717) is 0 Å². The van der Waals surface area contributed by atoms with Crippen molar-refractivity contribution in [2.45, 2.75) is 39.0 Å². The normalized spacial score (nSPS) is 15.3. The number of amides is 1. The van der Waals surface area contributed by atoms with Gasteiger partial charge in [-0.1, -0.05) is 55.0 Å². The second kappa shape index (κ2) is 6.35. The predicted octanol–water partition coefficient (Wildman–Crippen LogP) is 4.47. The Labute approximate surface area is 132 Å². The third-order valence-electron chi connectivity index (χ3n) is 4.53. The molecule has 0 saturated carbocycles. The molecule has 22 heavy (non-hydrogen) atoms. The van der Waals surface area contributed by atoms with E-state index in [4.69, 9.17) is 0 Å². The summed E-state index contributed by atoms with van der Waals surface area (Å²) >= 11 is 0. The van der Waals surface area contributed by atoms with Crippen LogP contribution in [-0.2, 0) is 11.2 Å². The predicted molar refractivity (Wildman–Crippen MR) is 91.3 cm³/mol. The van der Waals surface area contributed by atoms with Gasteiger partial charge in [-0.2, -0.15) is 0 Å². The summed E-state index contributed by atoms with van der Waals surface area (Å²) in [5.41, 5.74) is 4.80. The molecule has 0 radical (unpaired) electrons. The standard InChI is InChI=1S/C20H23NO/c1-3-18(16-8-5-4-6-9-16)20(22)21-13-7-10-17-14-15(2)11-12-19(17)21/h4-6,8-9,11-12,14,18H,3,7,10,13H2,1-2H3. The van der Waals surface area contributed by atoms with Crippen LogP contribution in [0.1, 0.15) is 42.4 Å². The SMILES string of the molecule is CCC(C(=O)N1CCCc2cc(C)ccc21)c1ccccc1. The van der Waals surface area contributed by atoms with E-state index in [1.807, 2.05) is 23.1 Å². The molecule has 0 saturated heterocycles. The smallest absolute Gasteiger partial charge is 0.234 e. The molecule has 114 valence electrons. The summed E-state index contributed by atoms with van der Waals surface area (Å²) in [6, 6.07) is 16.6. The average Bonchev–Trinajstić information content (AvgIpc) is 2.55. The molecule has 0 N–H and O–H groups in total. The molecule has 0 fully saturated rings. The summed E-state index contributed by atoms with van der Waals surface area (Å²) in [4.78, 5) is 15.1. The number of nitrogens with zero attached hydrogens (tertiary/aromatic N) is 1. The van der Waals surface area contributed by atoms with Gasteiger partial charge in [0.15, 0.2) is 0 Å². The van der Waals surface area contributed by atoms with Crippen molar-refractivity contribution in [2.75, 3.05) is 11.4 Å². The van der Waals surface area contributed by atoms with E-state index in [1.165, 1.54) is 11.1 Å². The molecule has 0 aliphatic carbocycles. The zero-order valence-corrected chi connectivity index (χ0v) is 13.4. The number of rotatable bonds is 3. The molecule has 0 aromatic heterocycles. The number of carbonyl (C=O) groups excluding carboxylic acids is 1. The lowest BCUT2D eigenvalue weighted by molar-refractivity contribution is -0.120. The van der Waals surface area contributed by atoms with E-state index in [0.717, 1.165) is 37.1 Å². The molecule has 0 bridgehead atoms. The Morgan fingerprint density at radius 1 is 1.18 bits per heavy atom. The Kier molecular flexibility index (Phi) is 4.28. The Bertz CT molecular complexity index is 663. The molecular weight excluding hydrogens is 270 g/mol. The highest BCUT2D eigenvalue weighted by atomic mass is 16.2. The lowest BCUT2D eigenvalue weighted by atomic mass is 9.92. The third kappa shape index (κ3) is 2.78. The molecule has 1 aliphatic rings. The van der Waals surface area contributed by atoms with Gasteiger partial charge in [0.05, 0.1) is 5.92 Å². The van der Waals surface area contributed by atoms with Crippen molar-refractivity contribution >= 4 is 11.6 Å². The first-order chi connectivity index (χ1) is 10.7. The van der Waals surface area contributed by atoms with Gasteiger partial charge in [-0.15, -0.1) is 0 Å². The summed E-state index contributed by atoms with van der Waals surface area (Å²) < 4.78 is 0. The van der Waals surface area contributed by atoms with Crippen LogP contribution < -0.4 is 4.90 Å².